The highest BCUT2D eigenvalue weighted by Gasteiger charge is 2.21. The third kappa shape index (κ3) is 4.09. The summed E-state index contributed by atoms with van der Waals surface area (Å²) in [5.74, 6) is 0.360. The quantitative estimate of drug-likeness (QED) is 0.656. The van der Waals surface area contributed by atoms with E-state index < -0.39 is 10.0 Å². The summed E-state index contributed by atoms with van der Waals surface area (Å²) in [5.41, 5.74) is 3.29. The minimum atomic E-state index is -3.83. The van der Waals surface area contributed by atoms with E-state index in [1.807, 2.05) is 43.1 Å². The number of carbonyl (C=O) groups excluding carboxylic acids is 1. The maximum atomic E-state index is 12.7. The van der Waals surface area contributed by atoms with Crippen molar-refractivity contribution in [2.75, 3.05) is 18.9 Å². The van der Waals surface area contributed by atoms with Gasteiger partial charge in [-0.05, 0) is 43.2 Å². The molecule has 0 radical (unpaired) electrons. The van der Waals surface area contributed by atoms with Crippen molar-refractivity contribution in [2.24, 2.45) is 4.40 Å². The SMILES string of the molecule is Cc1[nH]c2ccccc2c1CC(=O)Nc1cccc(S(=O)(=O)/N=C2\CCCN2C)c1. The first-order chi connectivity index (χ1) is 14.3. The van der Waals surface area contributed by atoms with E-state index >= 15 is 0 Å². The Morgan fingerprint density at radius 3 is 2.77 bits per heavy atom. The number of nitrogens with one attached hydrogen (secondary N) is 2. The van der Waals surface area contributed by atoms with Crippen molar-refractivity contribution < 1.29 is 13.2 Å². The van der Waals surface area contributed by atoms with Gasteiger partial charge < -0.3 is 15.2 Å². The van der Waals surface area contributed by atoms with E-state index in [4.69, 9.17) is 0 Å². The van der Waals surface area contributed by atoms with Crippen LogP contribution in [0, 0.1) is 6.92 Å². The Morgan fingerprint density at radius 1 is 1.20 bits per heavy atom. The molecule has 7 nitrogen and oxygen atoms in total. The number of amidine groups is 1. The molecule has 1 saturated heterocycles. The molecule has 3 aromatic rings. The summed E-state index contributed by atoms with van der Waals surface area (Å²) in [5, 5.41) is 3.82. The Morgan fingerprint density at radius 2 is 2.00 bits per heavy atom. The number of H-pyrrole nitrogens is 1. The summed E-state index contributed by atoms with van der Waals surface area (Å²) in [6.45, 7) is 2.74. The lowest BCUT2D eigenvalue weighted by molar-refractivity contribution is -0.115. The van der Waals surface area contributed by atoms with E-state index in [9.17, 15) is 13.2 Å². The lowest BCUT2D eigenvalue weighted by atomic mass is 10.1. The molecule has 0 unspecified atom stereocenters. The Kier molecular flexibility index (Phi) is 5.34. The van der Waals surface area contributed by atoms with Crippen LogP contribution in [0.3, 0.4) is 0 Å². The second kappa shape index (κ2) is 7.95. The van der Waals surface area contributed by atoms with Gasteiger partial charge in [-0.1, -0.05) is 24.3 Å². The van der Waals surface area contributed by atoms with Crippen LogP contribution in [-0.2, 0) is 21.2 Å². The van der Waals surface area contributed by atoms with Gasteiger partial charge in [0.2, 0.25) is 5.91 Å². The van der Waals surface area contributed by atoms with E-state index in [-0.39, 0.29) is 17.2 Å². The van der Waals surface area contributed by atoms with Crippen molar-refractivity contribution in [1.82, 2.24) is 9.88 Å². The molecule has 0 spiro atoms. The van der Waals surface area contributed by atoms with Crippen LogP contribution in [0.15, 0.2) is 57.8 Å². The Hall–Kier alpha value is -3.13. The van der Waals surface area contributed by atoms with Gasteiger partial charge in [0, 0.05) is 42.3 Å². The molecular weight excluding hydrogens is 400 g/mol. The molecule has 0 bridgehead atoms. The van der Waals surface area contributed by atoms with Crippen LogP contribution in [0.25, 0.3) is 10.9 Å². The first-order valence-electron chi connectivity index (χ1n) is 9.84. The van der Waals surface area contributed by atoms with Gasteiger partial charge in [-0.25, -0.2) is 0 Å². The van der Waals surface area contributed by atoms with E-state index in [1.54, 1.807) is 12.1 Å². The summed E-state index contributed by atoms with van der Waals surface area (Å²) in [4.78, 5) is 17.9. The number of fused-ring (bicyclic) bond motifs is 1. The van der Waals surface area contributed by atoms with E-state index in [1.165, 1.54) is 12.1 Å². The number of aromatic nitrogens is 1. The fourth-order valence-corrected chi connectivity index (χ4v) is 4.90. The molecular formula is C22H24N4O3S. The average Bonchev–Trinajstić information content (AvgIpc) is 3.24. The maximum Gasteiger partial charge on any atom is 0.284 e. The van der Waals surface area contributed by atoms with E-state index in [0.29, 0.717) is 17.9 Å². The Bertz CT molecular complexity index is 1240. The molecule has 4 rings (SSSR count). The van der Waals surface area contributed by atoms with Crippen molar-refractivity contribution in [3.05, 3.63) is 59.8 Å². The number of nitrogens with zero attached hydrogens (tertiary/aromatic N) is 2. The van der Waals surface area contributed by atoms with Crippen LogP contribution in [-0.4, -0.2) is 43.6 Å². The largest absolute Gasteiger partial charge is 0.362 e. The standard InChI is InChI=1S/C22H24N4O3S/c1-15-19(18-9-3-4-10-20(18)23-15)14-22(27)24-16-7-5-8-17(13-16)30(28,29)25-21-11-6-12-26(21)2/h3-5,7-10,13,23H,6,11-12,14H2,1-2H3,(H,24,27)/b25-21+. The second-order valence-electron chi connectivity index (χ2n) is 7.53. The molecule has 0 aliphatic carbocycles. The van der Waals surface area contributed by atoms with Gasteiger partial charge in [0.25, 0.3) is 10.0 Å². The highest BCUT2D eigenvalue weighted by Crippen LogP contribution is 2.24. The number of likely N-dealkylation sites (tertiary alicyclic amines) is 1. The van der Waals surface area contributed by atoms with Gasteiger partial charge in [0.15, 0.2) is 0 Å². The Balaban J connectivity index is 1.53. The number of rotatable bonds is 5. The minimum Gasteiger partial charge on any atom is -0.362 e. The van der Waals surface area contributed by atoms with E-state index in [0.717, 1.165) is 35.1 Å². The van der Waals surface area contributed by atoms with Crippen molar-refractivity contribution in [2.45, 2.75) is 31.1 Å². The minimum absolute atomic E-state index is 0.0661. The molecule has 2 N–H and O–H groups in total. The van der Waals surface area contributed by atoms with Gasteiger partial charge in [0.05, 0.1) is 11.3 Å². The maximum absolute atomic E-state index is 12.7. The summed E-state index contributed by atoms with van der Waals surface area (Å²) in [7, 11) is -1.99. The molecule has 8 heteroatoms. The molecule has 1 aromatic heterocycles. The summed E-state index contributed by atoms with van der Waals surface area (Å²) >= 11 is 0. The van der Waals surface area contributed by atoms with Gasteiger partial charge >= 0.3 is 0 Å². The number of anilines is 1. The number of hydrogen-bond donors (Lipinski definition) is 2. The number of benzene rings is 2. The number of amides is 1. The first-order valence-corrected chi connectivity index (χ1v) is 11.3. The number of para-hydroxylation sites is 1. The topological polar surface area (TPSA) is 94.6 Å². The molecule has 2 heterocycles. The van der Waals surface area contributed by atoms with Crippen LogP contribution in [0.2, 0.25) is 0 Å². The highest BCUT2D eigenvalue weighted by molar-refractivity contribution is 7.90. The van der Waals surface area contributed by atoms with Crippen LogP contribution in [0.5, 0.6) is 0 Å². The third-order valence-electron chi connectivity index (χ3n) is 5.34. The zero-order chi connectivity index (χ0) is 21.3. The molecule has 1 aliphatic rings. The number of sulfonamides is 1. The summed E-state index contributed by atoms with van der Waals surface area (Å²) in [6.07, 6.45) is 1.74. The van der Waals surface area contributed by atoms with Crippen LogP contribution < -0.4 is 5.32 Å². The normalized spacial score (nSPS) is 15.8. The predicted molar refractivity (Wildman–Crippen MR) is 118 cm³/mol. The highest BCUT2D eigenvalue weighted by atomic mass is 32.2. The monoisotopic (exact) mass is 424 g/mol. The van der Waals surface area contributed by atoms with Gasteiger partial charge in [-0.3, -0.25) is 4.79 Å². The number of carbonyl (C=O) groups is 1. The first kappa shape index (κ1) is 20.2. The van der Waals surface area contributed by atoms with Crippen LogP contribution in [0.4, 0.5) is 5.69 Å². The average molecular weight is 425 g/mol. The molecule has 1 amide bonds. The fourth-order valence-electron chi connectivity index (χ4n) is 3.76. The van der Waals surface area contributed by atoms with Crippen molar-refractivity contribution in [1.29, 1.82) is 0 Å². The smallest absolute Gasteiger partial charge is 0.284 e. The van der Waals surface area contributed by atoms with Crippen LogP contribution >= 0.6 is 0 Å². The molecule has 156 valence electrons. The van der Waals surface area contributed by atoms with E-state index in [2.05, 4.69) is 14.7 Å². The molecule has 1 aliphatic heterocycles. The molecule has 0 atom stereocenters. The fraction of sp³-hybridized carbons (Fsp3) is 0.273. The lowest BCUT2D eigenvalue weighted by Crippen LogP contribution is -2.20. The van der Waals surface area contributed by atoms with Crippen LogP contribution in [0.1, 0.15) is 24.1 Å². The molecule has 0 saturated carbocycles. The number of hydrogen-bond acceptors (Lipinski definition) is 3. The number of aromatic amines is 1. The molecule has 2 aromatic carbocycles. The van der Waals surface area contributed by atoms with Crippen molar-refractivity contribution in [3.8, 4) is 0 Å². The number of aryl methyl sites for hydroxylation is 1. The van der Waals surface area contributed by atoms with Gasteiger partial charge in [0.1, 0.15) is 5.84 Å². The third-order valence-corrected chi connectivity index (χ3v) is 6.64. The van der Waals surface area contributed by atoms with Crippen molar-refractivity contribution in [3.63, 3.8) is 0 Å². The summed E-state index contributed by atoms with van der Waals surface area (Å²) < 4.78 is 29.4. The zero-order valence-corrected chi connectivity index (χ0v) is 17.8. The molecule has 1 fully saturated rings. The Labute approximate surface area is 175 Å². The molecule has 30 heavy (non-hydrogen) atoms. The van der Waals surface area contributed by atoms with Gasteiger partial charge in [-0.2, -0.15) is 8.42 Å². The van der Waals surface area contributed by atoms with Gasteiger partial charge in [-0.15, -0.1) is 4.40 Å². The summed E-state index contributed by atoms with van der Waals surface area (Å²) in [6, 6.07) is 14.1. The predicted octanol–water partition coefficient (Wildman–Crippen LogP) is 3.47. The second-order valence-corrected chi connectivity index (χ2v) is 9.14. The lowest BCUT2D eigenvalue weighted by Gasteiger charge is -2.11. The van der Waals surface area contributed by atoms with Crippen molar-refractivity contribution >= 4 is 38.4 Å². The zero-order valence-electron chi connectivity index (χ0n) is 17.0.